The maximum absolute atomic E-state index is 12.7. The third kappa shape index (κ3) is 4.35. The Kier molecular flexibility index (Phi) is 5.58. The van der Waals surface area contributed by atoms with Crippen LogP contribution in [0.25, 0.3) is 22.2 Å². The molecule has 31 heavy (non-hydrogen) atoms. The summed E-state index contributed by atoms with van der Waals surface area (Å²) in [5, 5.41) is 2.96. The van der Waals surface area contributed by atoms with Gasteiger partial charge in [0.25, 0.3) is 5.91 Å². The van der Waals surface area contributed by atoms with Gasteiger partial charge in [-0.25, -0.2) is 9.97 Å². The van der Waals surface area contributed by atoms with Gasteiger partial charge in [0, 0.05) is 42.2 Å². The van der Waals surface area contributed by atoms with Crippen LogP contribution in [0.1, 0.15) is 24.2 Å². The van der Waals surface area contributed by atoms with Crippen LogP contribution in [-0.2, 0) is 0 Å². The summed E-state index contributed by atoms with van der Waals surface area (Å²) < 4.78 is 5.09. The van der Waals surface area contributed by atoms with Gasteiger partial charge >= 0.3 is 0 Å². The maximum atomic E-state index is 12.7. The molecule has 0 unspecified atom stereocenters. The van der Waals surface area contributed by atoms with Gasteiger partial charge in [-0.1, -0.05) is 12.1 Å². The van der Waals surface area contributed by atoms with Crippen molar-refractivity contribution >= 4 is 28.6 Å². The van der Waals surface area contributed by atoms with Gasteiger partial charge in [0.15, 0.2) is 0 Å². The summed E-state index contributed by atoms with van der Waals surface area (Å²) >= 11 is 0. The molecule has 0 saturated heterocycles. The van der Waals surface area contributed by atoms with E-state index in [4.69, 9.17) is 4.74 Å². The van der Waals surface area contributed by atoms with Crippen molar-refractivity contribution in [2.75, 3.05) is 24.4 Å². The van der Waals surface area contributed by atoms with E-state index >= 15 is 0 Å². The number of benzene rings is 2. The first kappa shape index (κ1) is 20.4. The Balaban J connectivity index is 1.48. The van der Waals surface area contributed by atoms with Crippen LogP contribution in [0.15, 0.2) is 60.8 Å². The summed E-state index contributed by atoms with van der Waals surface area (Å²) in [7, 11) is 3.58. The summed E-state index contributed by atoms with van der Waals surface area (Å²) in [6.45, 7) is 4.21. The van der Waals surface area contributed by atoms with Crippen molar-refractivity contribution in [3.05, 3.63) is 66.4 Å². The molecule has 0 radical (unpaired) electrons. The molecule has 0 fully saturated rings. The second-order valence-electron chi connectivity index (χ2n) is 7.62. The number of carbonyl (C=O) groups is 1. The Hall–Kier alpha value is -3.87. The van der Waals surface area contributed by atoms with Gasteiger partial charge in [-0.15, -0.1) is 0 Å². The second-order valence-corrected chi connectivity index (χ2v) is 7.62. The molecule has 4 aromatic rings. The fourth-order valence-electron chi connectivity index (χ4n) is 3.17. The molecular weight excluding hydrogens is 390 g/mol. The van der Waals surface area contributed by atoms with Gasteiger partial charge in [-0.3, -0.25) is 4.79 Å². The Morgan fingerprint density at radius 1 is 1.06 bits per heavy atom. The molecule has 0 aliphatic heterocycles. The number of pyridine rings is 1. The van der Waals surface area contributed by atoms with Gasteiger partial charge in [-0.2, -0.15) is 0 Å². The van der Waals surface area contributed by atoms with Gasteiger partial charge in [0.1, 0.15) is 0 Å². The van der Waals surface area contributed by atoms with E-state index in [9.17, 15) is 4.79 Å². The number of hydrogen-bond donors (Lipinski definition) is 2. The van der Waals surface area contributed by atoms with Crippen molar-refractivity contribution in [3.8, 4) is 17.0 Å². The van der Waals surface area contributed by atoms with Crippen LogP contribution in [0.3, 0.4) is 0 Å². The predicted octanol–water partition coefficient (Wildman–Crippen LogP) is 4.73. The molecule has 2 aromatic carbocycles. The minimum Gasteiger partial charge on any atom is -0.481 e. The van der Waals surface area contributed by atoms with E-state index in [2.05, 4.69) is 39.0 Å². The molecule has 0 spiro atoms. The average Bonchev–Trinajstić information content (AvgIpc) is 3.22. The van der Waals surface area contributed by atoms with Crippen molar-refractivity contribution in [1.82, 2.24) is 15.0 Å². The van der Waals surface area contributed by atoms with Crippen LogP contribution in [0.5, 0.6) is 5.88 Å². The van der Waals surface area contributed by atoms with Crippen molar-refractivity contribution < 1.29 is 9.53 Å². The number of H-pyrrole nitrogens is 1. The number of aromatic amines is 1. The number of imidazole rings is 1. The zero-order valence-corrected chi connectivity index (χ0v) is 18.0. The lowest BCUT2D eigenvalue weighted by Gasteiger charge is -2.19. The minimum atomic E-state index is -0.169. The van der Waals surface area contributed by atoms with Crippen LogP contribution in [-0.4, -0.2) is 41.1 Å². The molecule has 0 bridgehead atoms. The first-order valence-corrected chi connectivity index (χ1v) is 10.1. The number of carbonyl (C=O) groups excluding carboxylic acids is 1. The lowest BCUT2D eigenvalue weighted by Crippen LogP contribution is -2.26. The zero-order valence-electron chi connectivity index (χ0n) is 18.0. The number of methoxy groups -OCH3 is 1. The van der Waals surface area contributed by atoms with Gasteiger partial charge in [-0.05, 0) is 55.8 Å². The van der Waals surface area contributed by atoms with Crippen LogP contribution in [0, 0.1) is 0 Å². The summed E-state index contributed by atoms with van der Waals surface area (Å²) in [6, 6.07) is 17.2. The quantitative estimate of drug-likeness (QED) is 0.476. The lowest BCUT2D eigenvalue weighted by molar-refractivity contribution is 0.102. The van der Waals surface area contributed by atoms with E-state index < -0.39 is 0 Å². The minimum absolute atomic E-state index is 0.169. The molecule has 2 heterocycles. The number of anilines is 2. The normalized spacial score (nSPS) is 11.0. The highest BCUT2D eigenvalue weighted by Crippen LogP contribution is 2.23. The lowest BCUT2D eigenvalue weighted by atomic mass is 10.1. The number of aromatic nitrogens is 3. The van der Waals surface area contributed by atoms with Gasteiger partial charge in [0.2, 0.25) is 11.8 Å². The second kappa shape index (κ2) is 8.47. The molecular formula is C24H25N5O2. The average molecular weight is 415 g/mol. The summed E-state index contributed by atoms with van der Waals surface area (Å²) in [4.78, 5) is 26.9. The third-order valence-corrected chi connectivity index (χ3v) is 5.26. The molecule has 7 heteroatoms. The van der Waals surface area contributed by atoms with E-state index in [1.807, 2.05) is 49.5 Å². The topological polar surface area (TPSA) is 83.1 Å². The number of amides is 1. The number of nitrogens with zero attached hydrogens (tertiary/aromatic N) is 3. The van der Waals surface area contributed by atoms with Gasteiger partial charge < -0.3 is 19.9 Å². The van der Waals surface area contributed by atoms with Crippen molar-refractivity contribution in [1.29, 1.82) is 0 Å². The van der Waals surface area contributed by atoms with E-state index in [0.717, 1.165) is 28.1 Å². The Morgan fingerprint density at radius 3 is 2.45 bits per heavy atom. The molecule has 0 aliphatic rings. The van der Waals surface area contributed by atoms with Crippen molar-refractivity contribution in [3.63, 3.8) is 0 Å². The summed E-state index contributed by atoms with van der Waals surface area (Å²) in [6.07, 6.45) is 1.75. The van der Waals surface area contributed by atoms with Crippen LogP contribution in [0.4, 0.5) is 11.6 Å². The highest BCUT2D eigenvalue weighted by molar-refractivity contribution is 6.05. The van der Waals surface area contributed by atoms with Gasteiger partial charge in [0.05, 0.1) is 18.1 Å². The Morgan fingerprint density at radius 2 is 1.81 bits per heavy atom. The molecule has 0 saturated carbocycles. The smallest absolute Gasteiger partial charge is 0.255 e. The molecule has 2 N–H and O–H groups in total. The Bertz CT molecular complexity index is 1200. The summed E-state index contributed by atoms with van der Waals surface area (Å²) in [5.41, 5.74) is 4.96. The monoisotopic (exact) mass is 415 g/mol. The molecule has 2 aromatic heterocycles. The van der Waals surface area contributed by atoms with Crippen LogP contribution >= 0.6 is 0 Å². The van der Waals surface area contributed by atoms with E-state index in [1.54, 1.807) is 25.4 Å². The van der Waals surface area contributed by atoms with Crippen molar-refractivity contribution in [2.45, 2.75) is 19.9 Å². The standard InChI is InChI=1S/C24H25N5O2/c1-15(2)29(3)24-27-20-11-10-19(13-21(20)28-24)26-23(30)17-7-5-16(6-8-17)18-9-12-22(31-4)25-14-18/h5-15H,1-4H3,(H,26,30)(H,27,28). The number of hydrogen-bond acceptors (Lipinski definition) is 5. The first-order chi connectivity index (χ1) is 14.9. The fraction of sp³-hybridized carbons (Fsp3) is 0.208. The van der Waals surface area contributed by atoms with Crippen LogP contribution in [0.2, 0.25) is 0 Å². The molecule has 158 valence electrons. The number of ether oxygens (including phenoxy) is 1. The fourth-order valence-corrected chi connectivity index (χ4v) is 3.17. The highest BCUT2D eigenvalue weighted by atomic mass is 16.5. The predicted molar refractivity (Wildman–Crippen MR) is 124 cm³/mol. The third-order valence-electron chi connectivity index (χ3n) is 5.26. The molecule has 4 rings (SSSR count). The SMILES string of the molecule is COc1ccc(-c2ccc(C(=O)Nc3ccc4nc(N(C)C(C)C)[nH]c4c3)cc2)cn1. The molecule has 7 nitrogen and oxygen atoms in total. The van der Waals surface area contributed by atoms with E-state index in [0.29, 0.717) is 23.2 Å². The molecule has 0 aliphatic carbocycles. The Labute approximate surface area is 181 Å². The first-order valence-electron chi connectivity index (χ1n) is 10.1. The largest absolute Gasteiger partial charge is 0.481 e. The number of nitrogens with one attached hydrogen (secondary N) is 2. The number of fused-ring (bicyclic) bond motifs is 1. The molecule has 1 amide bonds. The van der Waals surface area contributed by atoms with Crippen molar-refractivity contribution in [2.24, 2.45) is 0 Å². The number of rotatable bonds is 6. The maximum Gasteiger partial charge on any atom is 0.255 e. The summed E-state index contributed by atoms with van der Waals surface area (Å²) in [5.74, 6) is 1.20. The zero-order chi connectivity index (χ0) is 22.0. The van der Waals surface area contributed by atoms with E-state index in [-0.39, 0.29) is 5.91 Å². The molecule has 0 atom stereocenters. The highest BCUT2D eigenvalue weighted by Gasteiger charge is 2.12. The van der Waals surface area contributed by atoms with Crippen LogP contribution < -0.4 is 15.0 Å². The van der Waals surface area contributed by atoms with E-state index in [1.165, 1.54) is 0 Å².